The van der Waals surface area contributed by atoms with Gasteiger partial charge in [0.2, 0.25) is 0 Å². The summed E-state index contributed by atoms with van der Waals surface area (Å²) in [7, 11) is 3.95. The molecule has 1 fully saturated rings. The van der Waals surface area contributed by atoms with E-state index in [1.165, 1.54) is 36.7 Å². The Morgan fingerprint density at radius 2 is 2.00 bits per heavy atom. The normalized spacial score (nSPS) is 16.8. The van der Waals surface area contributed by atoms with Gasteiger partial charge < -0.3 is 14.5 Å². The van der Waals surface area contributed by atoms with Gasteiger partial charge in [-0.05, 0) is 43.3 Å². The number of hydrogen-bond donors (Lipinski definition) is 0. The third kappa shape index (κ3) is 4.01. The van der Waals surface area contributed by atoms with Gasteiger partial charge >= 0.3 is 0 Å². The van der Waals surface area contributed by atoms with Crippen LogP contribution < -0.4 is 4.90 Å². The second-order valence-electron chi connectivity index (χ2n) is 6.51. The topological polar surface area (TPSA) is 28.6 Å². The summed E-state index contributed by atoms with van der Waals surface area (Å²) in [6.45, 7) is 5.35. The lowest BCUT2D eigenvalue weighted by molar-refractivity contribution is 0.121. The van der Waals surface area contributed by atoms with E-state index in [1.54, 1.807) is 7.11 Å². The molecule has 2 aromatic rings. The number of aromatic nitrogens is 1. The van der Waals surface area contributed by atoms with Crippen molar-refractivity contribution < 1.29 is 4.74 Å². The van der Waals surface area contributed by atoms with Gasteiger partial charge in [0.05, 0.1) is 6.61 Å². The van der Waals surface area contributed by atoms with Crippen LogP contribution in [0.15, 0.2) is 36.5 Å². The van der Waals surface area contributed by atoms with Crippen molar-refractivity contribution in [3.63, 3.8) is 0 Å². The SMILES string of the molecule is COCCN1CCC(CN(C)c2nccc3ccccc23)CC1. The number of anilines is 1. The Balaban J connectivity index is 1.60. The molecule has 23 heavy (non-hydrogen) atoms. The quantitative estimate of drug-likeness (QED) is 0.819. The smallest absolute Gasteiger partial charge is 0.136 e. The Labute approximate surface area is 139 Å². The molecule has 3 rings (SSSR count). The van der Waals surface area contributed by atoms with E-state index in [-0.39, 0.29) is 0 Å². The summed E-state index contributed by atoms with van der Waals surface area (Å²) < 4.78 is 5.18. The van der Waals surface area contributed by atoms with Crippen molar-refractivity contribution in [1.29, 1.82) is 0 Å². The number of ether oxygens (including phenoxy) is 1. The second-order valence-corrected chi connectivity index (χ2v) is 6.51. The summed E-state index contributed by atoms with van der Waals surface area (Å²) in [5.41, 5.74) is 0. The minimum Gasteiger partial charge on any atom is -0.383 e. The molecule has 0 bridgehead atoms. The average molecular weight is 313 g/mol. The van der Waals surface area contributed by atoms with Gasteiger partial charge in [-0.25, -0.2) is 4.98 Å². The highest BCUT2D eigenvalue weighted by Crippen LogP contribution is 2.25. The summed E-state index contributed by atoms with van der Waals surface area (Å²) in [6, 6.07) is 10.6. The molecular formula is C19H27N3O. The van der Waals surface area contributed by atoms with E-state index in [1.807, 2.05) is 6.20 Å². The lowest BCUT2D eigenvalue weighted by atomic mass is 9.96. The Bertz CT molecular complexity index is 618. The molecule has 1 aromatic heterocycles. The van der Waals surface area contributed by atoms with E-state index >= 15 is 0 Å². The first-order chi connectivity index (χ1) is 11.3. The molecule has 0 atom stereocenters. The van der Waals surface area contributed by atoms with Crippen LogP contribution in [0.25, 0.3) is 10.8 Å². The van der Waals surface area contributed by atoms with Gasteiger partial charge in [-0.1, -0.05) is 24.3 Å². The van der Waals surface area contributed by atoms with Crippen LogP contribution in [0.3, 0.4) is 0 Å². The van der Waals surface area contributed by atoms with E-state index in [9.17, 15) is 0 Å². The summed E-state index contributed by atoms with van der Waals surface area (Å²) in [4.78, 5) is 9.47. The number of benzene rings is 1. The summed E-state index contributed by atoms with van der Waals surface area (Å²) in [5.74, 6) is 1.85. The predicted octanol–water partition coefficient (Wildman–Crippen LogP) is 3.03. The van der Waals surface area contributed by atoms with Gasteiger partial charge in [0.25, 0.3) is 0 Å². The zero-order chi connectivity index (χ0) is 16.1. The van der Waals surface area contributed by atoms with Gasteiger partial charge in [-0.2, -0.15) is 0 Å². The van der Waals surface area contributed by atoms with Crippen LogP contribution in [0.5, 0.6) is 0 Å². The molecule has 1 aliphatic heterocycles. The molecule has 1 saturated heterocycles. The maximum atomic E-state index is 5.18. The molecule has 0 saturated carbocycles. The molecule has 0 radical (unpaired) electrons. The van der Waals surface area contributed by atoms with E-state index < -0.39 is 0 Å². The third-order valence-corrected chi connectivity index (χ3v) is 4.87. The number of pyridine rings is 1. The van der Waals surface area contributed by atoms with Crippen LogP contribution >= 0.6 is 0 Å². The zero-order valence-corrected chi connectivity index (χ0v) is 14.2. The maximum Gasteiger partial charge on any atom is 0.136 e. The number of piperidine rings is 1. The highest BCUT2D eigenvalue weighted by atomic mass is 16.5. The molecule has 0 amide bonds. The summed E-state index contributed by atoms with van der Waals surface area (Å²) in [6.07, 6.45) is 4.44. The van der Waals surface area contributed by atoms with Crippen molar-refractivity contribution in [2.75, 3.05) is 51.8 Å². The van der Waals surface area contributed by atoms with Gasteiger partial charge in [-0.3, -0.25) is 0 Å². The number of fused-ring (bicyclic) bond motifs is 1. The number of rotatable bonds is 6. The lowest BCUT2D eigenvalue weighted by Gasteiger charge is -2.34. The van der Waals surface area contributed by atoms with Crippen LogP contribution in [0.1, 0.15) is 12.8 Å². The molecule has 4 heteroatoms. The molecule has 1 aliphatic rings. The van der Waals surface area contributed by atoms with Crippen molar-refractivity contribution in [2.24, 2.45) is 5.92 Å². The first-order valence-corrected chi connectivity index (χ1v) is 8.54. The Kier molecular flexibility index (Phi) is 5.47. The van der Waals surface area contributed by atoms with Crippen molar-refractivity contribution >= 4 is 16.6 Å². The van der Waals surface area contributed by atoms with Crippen LogP contribution in [0.4, 0.5) is 5.82 Å². The third-order valence-electron chi connectivity index (χ3n) is 4.87. The average Bonchev–Trinajstić information content (AvgIpc) is 2.60. The molecule has 124 valence electrons. The predicted molar refractivity (Wildman–Crippen MR) is 96.1 cm³/mol. The van der Waals surface area contributed by atoms with E-state index in [0.29, 0.717) is 0 Å². The highest BCUT2D eigenvalue weighted by molar-refractivity contribution is 5.91. The van der Waals surface area contributed by atoms with Gasteiger partial charge in [0, 0.05) is 38.8 Å². The lowest BCUT2D eigenvalue weighted by Crippen LogP contribution is -2.39. The largest absolute Gasteiger partial charge is 0.383 e. The first-order valence-electron chi connectivity index (χ1n) is 8.54. The molecule has 0 unspecified atom stereocenters. The van der Waals surface area contributed by atoms with Crippen molar-refractivity contribution in [3.8, 4) is 0 Å². The first kappa shape index (κ1) is 16.2. The molecule has 1 aromatic carbocycles. The van der Waals surface area contributed by atoms with Crippen molar-refractivity contribution in [2.45, 2.75) is 12.8 Å². The minimum absolute atomic E-state index is 0.750. The zero-order valence-electron chi connectivity index (χ0n) is 14.2. The van der Waals surface area contributed by atoms with Crippen molar-refractivity contribution in [1.82, 2.24) is 9.88 Å². The second kappa shape index (κ2) is 7.75. The number of likely N-dealkylation sites (tertiary alicyclic amines) is 1. The molecule has 0 spiro atoms. The van der Waals surface area contributed by atoms with Gasteiger partial charge in [0.15, 0.2) is 0 Å². The highest BCUT2D eigenvalue weighted by Gasteiger charge is 2.21. The Hall–Kier alpha value is -1.65. The minimum atomic E-state index is 0.750. The van der Waals surface area contributed by atoms with Gasteiger partial charge in [-0.15, -0.1) is 0 Å². The van der Waals surface area contributed by atoms with E-state index in [4.69, 9.17) is 4.74 Å². The molecule has 0 aliphatic carbocycles. The Morgan fingerprint density at radius 3 is 2.78 bits per heavy atom. The molecule has 4 nitrogen and oxygen atoms in total. The fourth-order valence-corrected chi connectivity index (χ4v) is 3.49. The molecule has 2 heterocycles. The number of nitrogens with zero attached hydrogens (tertiary/aromatic N) is 3. The maximum absolute atomic E-state index is 5.18. The van der Waals surface area contributed by atoms with Gasteiger partial charge in [0.1, 0.15) is 5.82 Å². The standard InChI is InChI=1S/C19H27N3O/c1-21(15-16-8-11-22(12-9-16)13-14-23-2)19-18-6-4-3-5-17(18)7-10-20-19/h3-7,10,16H,8-9,11-15H2,1-2H3. The van der Waals surface area contributed by atoms with Crippen LogP contribution in [-0.4, -0.2) is 56.8 Å². The Morgan fingerprint density at radius 1 is 1.22 bits per heavy atom. The van der Waals surface area contributed by atoms with Crippen LogP contribution in [0, 0.1) is 5.92 Å². The van der Waals surface area contributed by atoms with Crippen LogP contribution in [0.2, 0.25) is 0 Å². The van der Waals surface area contributed by atoms with Crippen molar-refractivity contribution in [3.05, 3.63) is 36.5 Å². The number of methoxy groups -OCH3 is 1. The molecule has 0 N–H and O–H groups in total. The fraction of sp³-hybridized carbons (Fsp3) is 0.526. The monoisotopic (exact) mass is 313 g/mol. The van der Waals surface area contributed by atoms with Crippen LogP contribution in [-0.2, 0) is 4.74 Å². The van der Waals surface area contributed by atoms with E-state index in [2.05, 4.69) is 52.2 Å². The fourth-order valence-electron chi connectivity index (χ4n) is 3.49. The summed E-state index contributed by atoms with van der Waals surface area (Å²) >= 11 is 0. The van der Waals surface area contributed by atoms with E-state index in [0.717, 1.165) is 31.4 Å². The summed E-state index contributed by atoms with van der Waals surface area (Å²) in [5, 5.41) is 2.51. The molecular weight excluding hydrogens is 286 g/mol. The number of hydrogen-bond acceptors (Lipinski definition) is 4.